The van der Waals surface area contributed by atoms with Gasteiger partial charge in [-0.25, -0.2) is 0 Å². The Labute approximate surface area is 175 Å². The summed E-state index contributed by atoms with van der Waals surface area (Å²) in [6, 6.07) is 14.0. The van der Waals surface area contributed by atoms with Crippen LogP contribution in [-0.4, -0.2) is 50.9 Å². The number of aromatic nitrogens is 1. The average Bonchev–Trinajstić information content (AvgIpc) is 3.45. The molecule has 0 saturated carbocycles. The fraction of sp³-hybridized carbons (Fsp3) is 0.190. The average molecular weight is 449 g/mol. The first-order chi connectivity index (χ1) is 13.6. The number of nitrogens with zero attached hydrogens (tertiary/aromatic N) is 3. The molecule has 3 aromatic rings. The number of thiazole rings is 1. The number of hydrogen-bond acceptors (Lipinski definition) is 5. The third-order valence-corrected chi connectivity index (χ3v) is 6.95. The zero-order valence-corrected chi connectivity index (χ0v) is 17.8. The molecule has 1 unspecified atom stereocenters. The molecule has 1 atom stereocenters. The summed E-state index contributed by atoms with van der Waals surface area (Å²) in [5, 5.41) is 0. The van der Waals surface area contributed by atoms with Crippen LogP contribution in [0.4, 0.5) is 0 Å². The molecular formula is C21H16AsN3O2S. The van der Waals surface area contributed by atoms with Crippen LogP contribution >= 0.6 is 11.3 Å². The Morgan fingerprint density at radius 2 is 2.07 bits per heavy atom. The van der Waals surface area contributed by atoms with Gasteiger partial charge in [-0.2, -0.15) is 0 Å². The standard InChI is InChI=1S/C21H16AsN3O2S/c1-25-19(26)21(24-20(25)22,16-5-6-17-13(9-16)7-8-27-17)15-4-2-3-14(10-15)18-11-23-12-28-18/h2-6,9-12H,7-8H2,1H3. The molecule has 3 heterocycles. The van der Waals surface area contributed by atoms with Crippen LogP contribution < -0.4 is 4.74 Å². The van der Waals surface area contributed by atoms with Crippen molar-refractivity contribution in [2.45, 2.75) is 12.0 Å². The maximum atomic E-state index is 13.5. The molecule has 2 aliphatic heterocycles. The first kappa shape index (κ1) is 17.7. The summed E-state index contributed by atoms with van der Waals surface area (Å²) in [4.78, 5) is 25.2. The molecule has 5 rings (SSSR count). The van der Waals surface area contributed by atoms with Crippen molar-refractivity contribution in [1.29, 1.82) is 0 Å². The van der Waals surface area contributed by atoms with E-state index in [-0.39, 0.29) is 5.91 Å². The molecule has 1 aromatic heterocycles. The summed E-state index contributed by atoms with van der Waals surface area (Å²) in [6.45, 7) is 0.680. The number of likely N-dealkylation sites (N-methyl/N-ethyl adjacent to an activating group) is 1. The number of fused-ring (bicyclic) bond motifs is 1. The quantitative estimate of drug-likeness (QED) is 0.578. The van der Waals surface area contributed by atoms with Gasteiger partial charge in [0.05, 0.1) is 0 Å². The molecule has 7 heteroatoms. The second-order valence-corrected chi connectivity index (χ2v) is 8.58. The predicted molar refractivity (Wildman–Crippen MR) is 110 cm³/mol. The van der Waals surface area contributed by atoms with E-state index >= 15 is 0 Å². The van der Waals surface area contributed by atoms with E-state index in [2.05, 4.69) is 34.0 Å². The minimum atomic E-state index is -1.09. The molecular weight excluding hydrogens is 433 g/mol. The van der Waals surface area contributed by atoms with Crippen molar-refractivity contribution < 1.29 is 9.53 Å². The Morgan fingerprint density at radius 1 is 1.21 bits per heavy atom. The van der Waals surface area contributed by atoms with Crippen LogP contribution in [0.5, 0.6) is 5.75 Å². The van der Waals surface area contributed by atoms with Gasteiger partial charge in [0, 0.05) is 0 Å². The first-order valence-electron chi connectivity index (χ1n) is 8.92. The van der Waals surface area contributed by atoms with E-state index in [0.29, 0.717) is 11.2 Å². The summed E-state index contributed by atoms with van der Waals surface area (Å²) < 4.78 is 6.30. The van der Waals surface area contributed by atoms with E-state index in [0.717, 1.165) is 39.3 Å². The number of carbonyl (C=O) groups excluding carboxylic acids is 1. The van der Waals surface area contributed by atoms with Gasteiger partial charge in [0.15, 0.2) is 0 Å². The number of rotatable bonds is 3. The molecule has 138 valence electrons. The van der Waals surface area contributed by atoms with Crippen LogP contribution in [0.3, 0.4) is 0 Å². The molecule has 0 saturated heterocycles. The number of hydrogen-bond donors (Lipinski definition) is 0. The number of benzene rings is 2. The van der Waals surface area contributed by atoms with E-state index in [9.17, 15) is 4.79 Å². The Hall–Kier alpha value is -2.43. The van der Waals surface area contributed by atoms with Crippen molar-refractivity contribution in [3.8, 4) is 16.2 Å². The van der Waals surface area contributed by atoms with E-state index < -0.39 is 5.54 Å². The maximum absolute atomic E-state index is 13.5. The van der Waals surface area contributed by atoms with Gasteiger partial charge in [-0.05, 0) is 0 Å². The van der Waals surface area contributed by atoms with Crippen LogP contribution in [0.15, 0.2) is 59.2 Å². The summed E-state index contributed by atoms with van der Waals surface area (Å²) >= 11 is 3.98. The molecule has 0 N–H and O–H groups in total. The Bertz CT molecular complexity index is 1110. The van der Waals surface area contributed by atoms with Crippen LogP contribution in [0.2, 0.25) is 0 Å². The molecule has 0 bridgehead atoms. The van der Waals surface area contributed by atoms with Gasteiger partial charge < -0.3 is 0 Å². The molecule has 1 amide bonds. The van der Waals surface area contributed by atoms with Crippen LogP contribution in [0.25, 0.3) is 10.4 Å². The third-order valence-electron chi connectivity index (χ3n) is 5.29. The van der Waals surface area contributed by atoms with Crippen molar-refractivity contribution >= 4 is 38.7 Å². The second-order valence-electron chi connectivity index (χ2n) is 6.85. The van der Waals surface area contributed by atoms with Crippen LogP contribution in [0.1, 0.15) is 16.7 Å². The second kappa shape index (κ2) is 6.57. The zero-order chi connectivity index (χ0) is 19.3. The summed E-state index contributed by atoms with van der Waals surface area (Å²) in [5.41, 5.74) is 4.61. The van der Waals surface area contributed by atoms with Gasteiger partial charge in [-0.15, -0.1) is 0 Å². The molecule has 0 aliphatic carbocycles. The van der Waals surface area contributed by atoms with Gasteiger partial charge >= 0.3 is 176 Å². The van der Waals surface area contributed by atoms with E-state index in [1.807, 2.05) is 42.0 Å². The van der Waals surface area contributed by atoms with Crippen LogP contribution in [0, 0.1) is 0 Å². The number of aliphatic imine (C=N–C) groups is 1. The van der Waals surface area contributed by atoms with Crippen molar-refractivity contribution in [3.63, 3.8) is 0 Å². The zero-order valence-electron chi connectivity index (χ0n) is 15.1. The van der Waals surface area contributed by atoms with Crippen molar-refractivity contribution in [1.82, 2.24) is 9.88 Å². The van der Waals surface area contributed by atoms with Crippen molar-refractivity contribution in [2.24, 2.45) is 4.99 Å². The fourth-order valence-corrected chi connectivity index (χ4v) is 4.94. The van der Waals surface area contributed by atoms with Gasteiger partial charge in [0.25, 0.3) is 0 Å². The normalized spacial score (nSPS) is 20.9. The number of amidine groups is 1. The number of ether oxygens (including phenoxy) is 1. The Morgan fingerprint density at radius 3 is 2.82 bits per heavy atom. The van der Waals surface area contributed by atoms with Gasteiger partial charge in [0.1, 0.15) is 0 Å². The minimum absolute atomic E-state index is 0.0524. The van der Waals surface area contributed by atoms with E-state index in [1.165, 1.54) is 0 Å². The predicted octanol–water partition coefficient (Wildman–Crippen LogP) is 2.99. The molecule has 2 radical (unpaired) electrons. The van der Waals surface area contributed by atoms with Gasteiger partial charge in [-0.3, -0.25) is 0 Å². The molecule has 2 aliphatic rings. The summed E-state index contributed by atoms with van der Waals surface area (Å²) in [7, 11) is 1.77. The Kier molecular flexibility index (Phi) is 4.14. The Balaban J connectivity index is 1.73. The molecule has 2 aromatic carbocycles. The third kappa shape index (κ3) is 2.55. The van der Waals surface area contributed by atoms with Crippen molar-refractivity contribution in [3.05, 3.63) is 70.9 Å². The van der Waals surface area contributed by atoms with E-state index in [4.69, 9.17) is 9.73 Å². The molecule has 5 nitrogen and oxygen atoms in total. The SMILES string of the molecule is CN1C(=O)C(c2cccc(-c3cncs3)c2)(c2ccc3c(c2)CCO3)N=C1[As]. The first-order valence-corrected chi connectivity index (χ1v) is 10.7. The molecule has 0 spiro atoms. The van der Waals surface area contributed by atoms with Gasteiger partial charge in [-0.1, -0.05) is 0 Å². The monoisotopic (exact) mass is 449 g/mol. The van der Waals surface area contributed by atoms with Crippen molar-refractivity contribution in [2.75, 3.05) is 13.7 Å². The molecule has 28 heavy (non-hydrogen) atoms. The number of amides is 1. The summed E-state index contributed by atoms with van der Waals surface area (Å²) in [6.07, 6.45) is 2.69. The van der Waals surface area contributed by atoms with Crippen LogP contribution in [-0.2, 0) is 16.8 Å². The fourth-order valence-electron chi connectivity index (χ4n) is 3.82. The summed E-state index contributed by atoms with van der Waals surface area (Å²) in [5.74, 6) is 0.844. The van der Waals surface area contributed by atoms with E-state index in [1.54, 1.807) is 23.3 Å². The topological polar surface area (TPSA) is 54.8 Å². The van der Waals surface area contributed by atoms with Gasteiger partial charge in [0.2, 0.25) is 0 Å². The number of carbonyl (C=O) groups is 1. The molecule has 0 fully saturated rings.